The Morgan fingerprint density at radius 2 is 1.33 bits per heavy atom. The summed E-state index contributed by atoms with van der Waals surface area (Å²) in [5.41, 5.74) is 0. The van der Waals surface area contributed by atoms with Crippen LogP contribution in [-0.2, 0) is 0 Å². The molecule has 0 rings (SSSR count). The van der Waals surface area contributed by atoms with Crippen molar-refractivity contribution in [1.82, 2.24) is 0 Å². The molecule has 0 radical (unpaired) electrons. The molecule has 0 fully saturated rings. The van der Waals surface area contributed by atoms with Crippen LogP contribution in [0.5, 0.6) is 0 Å². The summed E-state index contributed by atoms with van der Waals surface area (Å²) < 4.78 is -0.750. The first-order valence-corrected chi connectivity index (χ1v) is 5.01. The summed E-state index contributed by atoms with van der Waals surface area (Å²) in [6, 6.07) is 0. The summed E-state index contributed by atoms with van der Waals surface area (Å²) >= 11 is 14.4. The molecular formula is C7H17Cl3O2. The molecule has 0 aromatic carbocycles. The third kappa shape index (κ3) is 133. The zero-order valence-corrected chi connectivity index (χ0v) is 9.70. The molecule has 0 aliphatic rings. The largest absolute Gasteiger partial charge is 0.397 e. The zero-order chi connectivity index (χ0) is 10.4. The van der Waals surface area contributed by atoms with Gasteiger partial charge in [-0.3, -0.25) is 0 Å². The van der Waals surface area contributed by atoms with Crippen LogP contribution in [0, 0.1) is 0 Å². The van der Waals surface area contributed by atoms with Crippen LogP contribution in [0.1, 0.15) is 26.7 Å². The van der Waals surface area contributed by atoms with Crippen LogP contribution in [-0.4, -0.2) is 27.7 Å². The van der Waals surface area contributed by atoms with Crippen LogP contribution in [0.4, 0.5) is 0 Å². The van der Waals surface area contributed by atoms with Crippen LogP contribution in [0.3, 0.4) is 0 Å². The number of alkyl halides is 3. The highest BCUT2D eigenvalue weighted by Gasteiger charge is 1.78. The smallest absolute Gasteiger partial charge is 0.180 e. The van der Waals surface area contributed by atoms with Crippen LogP contribution in [0.25, 0.3) is 0 Å². The quantitative estimate of drug-likeness (QED) is 0.728. The summed E-state index contributed by atoms with van der Waals surface area (Å²) in [5, 5.41) is 15.6. The van der Waals surface area contributed by atoms with Gasteiger partial charge in [-0.25, -0.2) is 0 Å². The standard InChI is InChI=1S/C4H10O.C2H6O.CHCl3/c1-2-3-4-5;1-2-3;2-1(3)4/h5H,2-4H2,1H3;3H,2H2,1H3;1H. The van der Waals surface area contributed by atoms with Crippen molar-refractivity contribution in [3.05, 3.63) is 0 Å². The third-order valence-electron chi connectivity index (χ3n) is 0.512. The Kier molecular flexibility index (Phi) is 35.0. The van der Waals surface area contributed by atoms with Gasteiger partial charge in [0.15, 0.2) is 4.30 Å². The zero-order valence-electron chi connectivity index (χ0n) is 7.43. The molecule has 0 aliphatic carbocycles. The fourth-order valence-electron chi connectivity index (χ4n) is 0.158. The SMILES string of the molecule is CCCCO.CCO.ClC(Cl)Cl. The van der Waals surface area contributed by atoms with Gasteiger partial charge in [0.05, 0.1) is 0 Å². The van der Waals surface area contributed by atoms with Gasteiger partial charge in [0.1, 0.15) is 0 Å². The van der Waals surface area contributed by atoms with E-state index in [2.05, 4.69) is 6.92 Å². The highest BCUT2D eigenvalue weighted by Crippen LogP contribution is 2.03. The molecule has 0 atom stereocenters. The van der Waals surface area contributed by atoms with Crippen molar-refractivity contribution < 1.29 is 10.2 Å². The first-order valence-electron chi connectivity index (χ1n) is 3.70. The van der Waals surface area contributed by atoms with E-state index in [-0.39, 0.29) is 6.61 Å². The monoisotopic (exact) mass is 238 g/mol. The summed E-state index contributed by atoms with van der Waals surface area (Å²) in [7, 11) is 0. The van der Waals surface area contributed by atoms with Crippen LogP contribution >= 0.6 is 34.8 Å². The molecular weight excluding hydrogens is 222 g/mol. The van der Waals surface area contributed by atoms with E-state index in [0.717, 1.165) is 12.8 Å². The number of rotatable bonds is 2. The lowest BCUT2D eigenvalue weighted by atomic mass is 10.4. The molecule has 0 heterocycles. The highest BCUT2D eigenvalue weighted by atomic mass is 35.6. The molecule has 0 spiro atoms. The van der Waals surface area contributed by atoms with E-state index in [1.54, 1.807) is 6.92 Å². The van der Waals surface area contributed by atoms with E-state index in [1.807, 2.05) is 0 Å². The average molecular weight is 240 g/mol. The maximum absolute atomic E-state index is 8.07. The minimum absolute atomic E-state index is 0.250. The molecule has 12 heavy (non-hydrogen) atoms. The van der Waals surface area contributed by atoms with E-state index in [0.29, 0.717) is 6.61 Å². The topological polar surface area (TPSA) is 40.5 Å². The Bertz CT molecular complexity index is 49.2. The summed E-state index contributed by atoms with van der Waals surface area (Å²) in [5.74, 6) is 0. The van der Waals surface area contributed by atoms with Gasteiger partial charge < -0.3 is 10.2 Å². The van der Waals surface area contributed by atoms with Crippen molar-refractivity contribution in [2.24, 2.45) is 0 Å². The molecule has 2 nitrogen and oxygen atoms in total. The first kappa shape index (κ1) is 18.5. The number of halogens is 3. The number of aliphatic hydroxyl groups is 2. The van der Waals surface area contributed by atoms with E-state index in [1.165, 1.54) is 0 Å². The third-order valence-corrected chi connectivity index (χ3v) is 0.512. The second-order valence-electron chi connectivity index (χ2n) is 1.64. The Balaban J connectivity index is -0.000000105. The number of hydrogen-bond acceptors (Lipinski definition) is 2. The van der Waals surface area contributed by atoms with Crippen LogP contribution in [0.15, 0.2) is 0 Å². The molecule has 0 aromatic heterocycles. The number of aliphatic hydroxyl groups excluding tert-OH is 2. The average Bonchev–Trinajstić information content (AvgIpc) is 1.89. The van der Waals surface area contributed by atoms with Gasteiger partial charge in [0.25, 0.3) is 0 Å². The number of unbranched alkanes of at least 4 members (excludes halogenated alkanes) is 1. The molecule has 0 aromatic rings. The Hall–Kier alpha value is 0.790. The molecule has 5 heteroatoms. The van der Waals surface area contributed by atoms with Crippen molar-refractivity contribution in [3.63, 3.8) is 0 Å². The van der Waals surface area contributed by atoms with Crippen molar-refractivity contribution in [2.75, 3.05) is 13.2 Å². The fraction of sp³-hybridized carbons (Fsp3) is 1.00. The van der Waals surface area contributed by atoms with Gasteiger partial charge in [0, 0.05) is 13.2 Å². The van der Waals surface area contributed by atoms with Crippen molar-refractivity contribution in [1.29, 1.82) is 0 Å². The van der Waals surface area contributed by atoms with Crippen LogP contribution < -0.4 is 0 Å². The Morgan fingerprint density at radius 3 is 1.33 bits per heavy atom. The lowest BCUT2D eigenvalue weighted by molar-refractivity contribution is 0.287. The molecule has 2 N–H and O–H groups in total. The lowest BCUT2D eigenvalue weighted by Crippen LogP contribution is -1.75. The van der Waals surface area contributed by atoms with Gasteiger partial charge in [0.2, 0.25) is 0 Å². The second kappa shape index (κ2) is 22.6. The van der Waals surface area contributed by atoms with E-state index < -0.39 is 4.30 Å². The van der Waals surface area contributed by atoms with E-state index in [9.17, 15) is 0 Å². The molecule has 0 saturated carbocycles. The minimum atomic E-state index is -0.750. The first-order chi connectivity index (χ1) is 5.56. The highest BCUT2D eigenvalue weighted by molar-refractivity contribution is 6.63. The van der Waals surface area contributed by atoms with Gasteiger partial charge in [-0.1, -0.05) is 48.1 Å². The predicted octanol–water partition coefficient (Wildman–Crippen LogP) is 2.76. The fourth-order valence-corrected chi connectivity index (χ4v) is 0.158. The molecule has 0 unspecified atom stereocenters. The van der Waals surface area contributed by atoms with Crippen molar-refractivity contribution in [2.45, 2.75) is 31.0 Å². The molecule has 0 saturated heterocycles. The lowest BCUT2D eigenvalue weighted by Gasteiger charge is -1.79. The predicted molar refractivity (Wildman–Crippen MR) is 56.1 cm³/mol. The van der Waals surface area contributed by atoms with Gasteiger partial charge >= 0.3 is 0 Å². The van der Waals surface area contributed by atoms with E-state index in [4.69, 9.17) is 45.0 Å². The number of hydrogen-bond donors (Lipinski definition) is 2. The van der Waals surface area contributed by atoms with Crippen molar-refractivity contribution in [3.8, 4) is 0 Å². The normalized spacial score (nSPS) is 8.00. The van der Waals surface area contributed by atoms with Gasteiger partial charge in [-0.05, 0) is 13.3 Å². The second-order valence-corrected chi connectivity index (χ2v) is 3.62. The summed E-state index contributed by atoms with van der Waals surface area (Å²) in [6.45, 7) is 4.33. The summed E-state index contributed by atoms with van der Waals surface area (Å²) in [4.78, 5) is 0. The summed E-state index contributed by atoms with van der Waals surface area (Å²) in [6.07, 6.45) is 2.04. The Labute approximate surface area is 89.4 Å². The van der Waals surface area contributed by atoms with Crippen LogP contribution in [0.2, 0.25) is 0 Å². The van der Waals surface area contributed by atoms with Crippen molar-refractivity contribution >= 4 is 34.8 Å². The molecule has 0 bridgehead atoms. The molecule has 0 aliphatic heterocycles. The van der Waals surface area contributed by atoms with Gasteiger partial charge in [-0.15, -0.1) is 0 Å². The maximum atomic E-state index is 8.07. The maximum Gasteiger partial charge on any atom is 0.180 e. The Morgan fingerprint density at radius 1 is 1.08 bits per heavy atom. The molecule has 78 valence electrons. The van der Waals surface area contributed by atoms with Gasteiger partial charge in [-0.2, -0.15) is 0 Å². The van der Waals surface area contributed by atoms with E-state index >= 15 is 0 Å². The minimum Gasteiger partial charge on any atom is -0.397 e. The molecule has 0 amide bonds.